The number of hydrogen-bond donors (Lipinski definition) is 1. The van der Waals surface area contributed by atoms with Crippen molar-refractivity contribution in [3.05, 3.63) is 35.4 Å². The van der Waals surface area contributed by atoms with Gasteiger partial charge in [-0.1, -0.05) is 12.1 Å². The van der Waals surface area contributed by atoms with E-state index in [0.29, 0.717) is 0 Å². The molecule has 0 aromatic heterocycles. The summed E-state index contributed by atoms with van der Waals surface area (Å²) in [6.07, 6.45) is -5.44. The zero-order chi connectivity index (χ0) is 10.8. The van der Waals surface area contributed by atoms with Gasteiger partial charge in [0.2, 0.25) is 0 Å². The van der Waals surface area contributed by atoms with Gasteiger partial charge in [0.15, 0.2) is 0 Å². The first-order valence-electron chi connectivity index (χ1n) is 3.86. The molecule has 14 heavy (non-hydrogen) atoms. The topological polar surface area (TPSA) is 20.2 Å². The van der Waals surface area contributed by atoms with E-state index >= 15 is 0 Å². The molecule has 0 aliphatic heterocycles. The minimum absolute atomic E-state index is 0.124. The molecule has 0 bridgehead atoms. The Kier molecular flexibility index (Phi) is 3.39. The number of halogens is 4. The summed E-state index contributed by atoms with van der Waals surface area (Å²) < 4.78 is 36.7. The van der Waals surface area contributed by atoms with Crippen molar-refractivity contribution in [2.24, 2.45) is 0 Å². The van der Waals surface area contributed by atoms with Crippen LogP contribution in [0.2, 0.25) is 0 Å². The van der Waals surface area contributed by atoms with Gasteiger partial charge in [-0.15, -0.1) is 11.6 Å². The lowest BCUT2D eigenvalue weighted by Gasteiger charge is -2.11. The Balaban J connectivity index is 3.01. The first-order valence-corrected chi connectivity index (χ1v) is 4.40. The molecule has 0 spiro atoms. The molecular weight excluding hydrogens is 217 g/mol. The molecule has 1 N–H and O–H groups in total. The van der Waals surface area contributed by atoms with Crippen LogP contribution in [0.15, 0.2) is 24.3 Å². The van der Waals surface area contributed by atoms with Gasteiger partial charge in [0.25, 0.3) is 0 Å². The van der Waals surface area contributed by atoms with Gasteiger partial charge in [-0.05, 0) is 17.7 Å². The van der Waals surface area contributed by atoms with Crippen molar-refractivity contribution in [1.29, 1.82) is 0 Å². The molecule has 78 valence electrons. The highest BCUT2D eigenvalue weighted by Crippen LogP contribution is 2.30. The Labute approximate surface area is 84.1 Å². The molecule has 1 aromatic rings. The van der Waals surface area contributed by atoms with Crippen molar-refractivity contribution in [2.45, 2.75) is 12.3 Å². The maximum Gasteiger partial charge on any atom is 0.416 e. The number of aliphatic hydroxyl groups excluding tert-OH is 1. The maximum absolute atomic E-state index is 12.2. The van der Waals surface area contributed by atoms with E-state index in [1.54, 1.807) is 0 Å². The predicted molar refractivity (Wildman–Crippen MR) is 47.1 cm³/mol. The monoisotopic (exact) mass is 224 g/mol. The van der Waals surface area contributed by atoms with Crippen LogP contribution in [0.4, 0.5) is 13.2 Å². The second-order valence-electron chi connectivity index (χ2n) is 2.79. The molecule has 5 heteroatoms. The minimum Gasteiger partial charge on any atom is -0.387 e. The molecule has 0 aliphatic rings. The van der Waals surface area contributed by atoms with Crippen molar-refractivity contribution in [3.63, 3.8) is 0 Å². The first kappa shape index (κ1) is 11.3. The van der Waals surface area contributed by atoms with E-state index in [1.165, 1.54) is 12.1 Å². The SMILES string of the molecule is OC(CCl)c1cccc(C(F)(F)F)c1. The van der Waals surface area contributed by atoms with E-state index in [4.69, 9.17) is 11.6 Å². The van der Waals surface area contributed by atoms with Crippen molar-refractivity contribution < 1.29 is 18.3 Å². The lowest BCUT2D eigenvalue weighted by Crippen LogP contribution is -2.07. The largest absolute Gasteiger partial charge is 0.416 e. The van der Waals surface area contributed by atoms with Gasteiger partial charge in [0.1, 0.15) is 0 Å². The van der Waals surface area contributed by atoms with Crippen LogP contribution >= 0.6 is 11.6 Å². The molecule has 1 unspecified atom stereocenters. The van der Waals surface area contributed by atoms with Crippen molar-refractivity contribution in [2.75, 3.05) is 5.88 Å². The number of hydrogen-bond acceptors (Lipinski definition) is 1. The van der Waals surface area contributed by atoms with Gasteiger partial charge in [-0.3, -0.25) is 0 Å². The van der Waals surface area contributed by atoms with Crippen LogP contribution in [-0.2, 0) is 6.18 Å². The molecule has 1 atom stereocenters. The third-order valence-corrected chi connectivity index (χ3v) is 2.04. The molecule has 1 rings (SSSR count). The zero-order valence-electron chi connectivity index (χ0n) is 7.05. The van der Waals surface area contributed by atoms with E-state index in [1.807, 2.05) is 0 Å². The Bertz CT molecular complexity index is 311. The van der Waals surface area contributed by atoms with Crippen LogP contribution in [-0.4, -0.2) is 11.0 Å². The number of aliphatic hydroxyl groups is 1. The molecular formula is C9H8ClF3O. The fourth-order valence-electron chi connectivity index (χ4n) is 1.01. The van der Waals surface area contributed by atoms with E-state index in [-0.39, 0.29) is 11.4 Å². The summed E-state index contributed by atoms with van der Waals surface area (Å²) in [5, 5.41) is 9.22. The molecule has 0 fully saturated rings. The highest BCUT2D eigenvalue weighted by Gasteiger charge is 2.30. The first-order chi connectivity index (χ1) is 6.45. The van der Waals surface area contributed by atoms with E-state index in [2.05, 4.69) is 0 Å². The highest BCUT2D eigenvalue weighted by molar-refractivity contribution is 6.18. The molecule has 0 saturated carbocycles. The Morgan fingerprint density at radius 1 is 1.36 bits per heavy atom. The van der Waals surface area contributed by atoms with Crippen molar-refractivity contribution in [3.8, 4) is 0 Å². The number of rotatable bonds is 2. The van der Waals surface area contributed by atoms with Gasteiger partial charge in [-0.25, -0.2) is 0 Å². The van der Waals surface area contributed by atoms with Crippen LogP contribution in [0, 0.1) is 0 Å². The second-order valence-corrected chi connectivity index (χ2v) is 3.10. The average molecular weight is 225 g/mol. The van der Waals surface area contributed by atoms with Gasteiger partial charge in [-0.2, -0.15) is 13.2 Å². The summed E-state index contributed by atoms with van der Waals surface area (Å²) in [6.45, 7) is 0. The Morgan fingerprint density at radius 2 is 2.00 bits per heavy atom. The zero-order valence-corrected chi connectivity index (χ0v) is 7.81. The third-order valence-electron chi connectivity index (χ3n) is 1.74. The lowest BCUT2D eigenvalue weighted by atomic mass is 10.1. The van der Waals surface area contributed by atoms with Crippen LogP contribution in [0.1, 0.15) is 17.2 Å². The predicted octanol–water partition coefficient (Wildman–Crippen LogP) is 2.98. The number of benzene rings is 1. The van der Waals surface area contributed by atoms with E-state index in [9.17, 15) is 18.3 Å². The van der Waals surface area contributed by atoms with E-state index in [0.717, 1.165) is 12.1 Å². The third kappa shape index (κ3) is 2.62. The molecule has 0 heterocycles. The average Bonchev–Trinajstić information content (AvgIpc) is 2.15. The standard InChI is InChI=1S/C9H8ClF3O/c10-5-8(14)6-2-1-3-7(4-6)9(11,12)13/h1-4,8,14H,5H2. The van der Waals surface area contributed by atoms with Crippen LogP contribution in [0.5, 0.6) is 0 Å². The maximum atomic E-state index is 12.2. The molecule has 1 aromatic carbocycles. The van der Waals surface area contributed by atoms with Gasteiger partial charge < -0.3 is 5.11 Å². The summed E-state index contributed by atoms with van der Waals surface area (Å²) in [5.74, 6) is -0.124. The minimum atomic E-state index is -4.39. The molecule has 0 radical (unpaired) electrons. The van der Waals surface area contributed by atoms with Crippen LogP contribution < -0.4 is 0 Å². The quantitative estimate of drug-likeness (QED) is 0.766. The normalized spacial score (nSPS) is 14.1. The fourth-order valence-corrected chi connectivity index (χ4v) is 1.19. The van der Waals surface area contributed by atoms with Crippen molar-refractivity contribution >= 4 is 11.6 Å². The molecule has 1 nitrogen and oxygen atoms in total. The Hall–Kier alpha value is -0.740. The lowest BCUT2D eigenvalue weighted by molar-refractivity contribution is -0.137. The fraction of sp³-hybridized carbons (Fsp3) is 0.333. The van der Waals surface area contributed by atoms with Crippen molar-refractivity contribution in [1.82, 2.24) is 0 Å². The number of alkyl halides is 4. The van der Waals surface area contributed by atoms with Gasteiger partial charge in [0, 0.05) is 0 Å². The summed E-state index contributed by atoms with van der Waals surface area (Å²) in [6, 6.07) is 4.49. The Morgan fingerprint density at radius 3 is 2.50 bits per heavy atom. The second kappa shape index (κ2) is 4.19. The smallest absolute Gasteiger partial charge is 0.387 e. The van der Waals surface area contributed by atoms with Crippen LogP contribution in [0.3, 0.4) is 0 Å². The van der Waals surface area contributed by atoms with E-state index < -0.39 is 17.8 Å². The summed E-state index contributed by atoms with van der Waals surface area (Å²) in [5.41, 5.74) is -0.603. The molecule has 0 saturated heterocycles. The summed E-state index contributed by atoms with van der Waals surface area (Å²) in [7, 11) is 0. The van der Waals surface area contributed by atoms with Crippen LogP contribution in [0.25, 0.3) is 0 Å². The summed E-state index contributed by atoms with van der Waals surface area (Å²) >= 11 is 5.32. The van der Waals surface area contributed by atoms with Gasteiger partial charge >= 0.3 is 6.18 Å². The molecule has 0 amide bonds. The molecule has 0 aliphatic carbocycles. The highest BCUT2D eigenvalue weighted by atomic mass is 35.5. The summed E-state index contributed by atoms with van der Waals surface area (Å²) in [4.78, 5) is 0. The van der Waals surface area contributed by atoms with Gasteiger partial charge in [0.05, 0.1) is 17.5 Å².